The summed E-state index contributed by atoms with van der Waals surface area (Å²) in [5.41, 5.74) is 0. The number of sulfone groups is 1. The van der Waals surface area contributed by atoms with E-state index >= 15 is 0 Å². The van der Waals surface area contributed by atoms with Crippen molar-refractivity contribution in [1.29, 1.82) is 0 Å². The molecule has 0 spiro atoms. The van der Waals surface area contributed by atoms with E-state index in [0.717, 1.165) is 0 Å². The summed E-state index contributed by atoms with van der Waals surface area (Å²) in [4.78, 5) is 0. The fraction of sp³-hybridized carbons (Fsp3) is 1.00. The van der Waals surface area contributed by atoms with Crippen molar-refractivity contribution in [2.45, 2.75) is 13.8 Å². The van der Waals surface area contributed by atoms with E-state index in [1.165, 1.54) is 0 Å². The van der Waals surface area contributed by atoms with Gasteiger partial charge >= 0.3 is 29.6 Å². The largest absolute Gasteiger partial charge is 1.00 e. The predicted octanol–water partition coefficient (Wildman–Crippen LogP) is -2.75. The molecule has 0 saturated heterocycles. The Morgan fingerprint density at radius 2 is 1.67 bits per heavy atom. The Bertz CT molecular complexity index is 358. The fourth-order valence-corrected chi connectivity index (χ4v) is 4.75. The third-order valence-electron chi connectivity index (χ3n) is 1.21. The van der Waals surface area contributed by atoms with Crippen LogP contribution in [0, 0.1) is 5.92 Å². The summed E-state index contributed by atoms with van der Waals surface area (Å²) < 4.78 is 52.9. The molecule has 0 saturated carbocycles. The van der Waals surface area contributed by atoms with Crippen LogP contribution in [0.15, 0.2) is 0 Å². The van der Waals surface area contributed by atoms with Crippen LogP contribution in [0.5, 0.6) is 0 Å². The molecule has 0 fully saturated rings. The van der Waals surface area contributed by atoms with E-state index in [1.807, 2.05) is 0 Å². The summed E-state index contributed by atoms with van der Waals surface area (Å²) >= 11 is 0. The molecule has 0 aromatic carbocycles. The Labute approximate surface area is 117 Å². The van der Waals surface area contributed by atoms with Crippen LogP contribution in [0.1, 0.15) is 13.8 Å². The molecule has 0 amide bonds. The van der Waals surface area contributed by atoms with E-state index in [-0.39, 0.29) is 63.5 Å². The zero-order valence-electron chi connectivity index (χ0n) is 8.96. The Hall–Kier alpha value is 1.21. The summed E-state index contributed by atoms with van der Waals surface area (Å²) in [6.45, 7) is 3.52. The van der Waals surface area contributed by atoms with E-state index in [2.05, 4.69) is 0 Å². The summed E-state index contributed by atoms with van der Waals surface area (Å²) in [5, 5.41) is 0. The minimum Gasteiger partial charge on any atom is -0.739 e. The van der Waals surface area contributed by atoms with Crippen LogP contribution in [-0.2, 0) is 19.0 Å². The zero-order valence-corrected chi connectivity index (χ0v) is 13.4. The molecule has 0 unspecified atom stereocenters. The van der Waals surface area contributed by atoms with Crippen LogP contribution >= 0.6 is 10.8 Å². The molecule has 0 aromatic heterocycles. The van der Waals surface area contributed by atoms with Gasteiger partial charge in [0.1, 0.15) is 9.15 Å². The SMILES string of the molecule is CC(C)CS(=O)(=O)CCSS(=O)(=O)[O-].[Na+]. The molecule has 0 aliphatic carbocycles. The normalized spacial score (nSPS) is 12.5. The van der Waals surface area contributed by atoms with E-state index in [4.69, 9.17) is 0 Å². The van der Waals surface area contributed by atoms with Gasteiger partial charge in [0.25, 0.3) is 0 Å². The van der Waals surface area contributed by atoms with Gasteiger partial charge in [-0.05, 0) is 16.7 Å². The van der Waals surface area contributed by atoms with Crippen molar-refractivity contribution in [3.63, 3.8) is 0 Å². The van der Waals surface area contributed by atoms with Crippen molar-refractivity contribution < 1.29 is 50.9 Å². The molecular formula is C6H13NaO5S3. The first-order valence-electron chi connectivity index (χ1n) is 3.93. The molecule has 86 valence electrons. The van der Waals surface area contributed by atoms with Gasteiger partial charge in [-0.2, -0.15) is 0 Å². The van der Waals surface area contributed by atoms with Gasteiger partial charge in [0, 0.05) is 5.75 Å². The van der Waals surface area contributed by atoms with Crippen molar-refractivity contribution in [2.24, 2.45) is 5.92 Å². The van der Waals surface area contributed by atoms with Crippen molar-refractivity contribution in [3.8, 4) is 0 Å². The average Bonchev–Trinajstić information content (AvgIpc) is 1.78. The van der Waals surface area contributed by atoms with Crippen LogP contribution in [0.2, 0.25) is 0 Å². The third-order valence-corrected chi connectivity index (χ3v) is 5.49. The summed E-state index contributed by atoms with van der Waals surface area (Å²) in [7, 11) is -7.48. The van der Waals surface area contributed by atoms with E-state index in [1.54, 1.807) is 13.8 Å². The molecule has 5 nitrogen and oxygen atoms in total. The van der Waals surface area contributed by atoms with Crippen LogP contribution in [-0.4, -0.2) is 38.6 Å². The number of rotatable bonds is 6. The van der Waals surface area contributed by atoms with Gasteiger partial charge in [0.15, 0.2) is 9.84 Å². The second-order valence-electron chi connectivity index (χ2n) is 3.24. The molecule has 0 N–H and O–H groups in total. The quantitative estimate of drug-likeness (QED) is 0.298. The van der Waals surface area contributed by atoms with Crippen LogP contribution in [0.4, 0.5) is 0 Å². The van der Waals surface area contributed by atoms with Gasteiger partial charge in [-0.25, -0.2) is 16.8 Å². The molecule has 0 atom stereocenters. The minimum absolute atomic E-state index is 0. The number of hydrogen-bond acceptors (Lipinski definition) is 6. The van der Waals surface area contributed by atoms with Gasteiger partial charge in [0.05, 0.1) is 11.5 Å². The number of hydrogen-bond donors (Lipinski definition) is 0. The van der Waals surface area contributed by atoms with Gasteiger partial charge < -0.3 is 4.55 Å². The molecule has 0 aliphatic rings. The molecule has 0 aliphatic heterocycles. The molecule has 0 rings (SSSR count). The maximum atomic E-state index is 11.2. The van der Waals surface area contributed by atoms with Crippen molar-refractivity contribution in [3.05, 3.63) is 0 Å². The monoisotopic (exact) mass is 284 g/mol. The second kappa shape index (κ2) is 7.52. The maximum absolute atomic E-state index is 11.2. The van der Waals surface area contributed by atoms with Gasteiger partial charge in [-0.15, -0.1) is 0 Å². The van der Waals surface area contributed by atoms with Gasteiger partial charge in [-0.1, -0.05) is 13.8 Å². The fourth-order valence-electron chi connectivity index (χ4n) is 0.854. The minimum atomic E-state index is -4.37. The standard InChI is InChI=1S/C6H14O5S3.Na/c1-6(2)5-13(7,8)4-3-12-14(9,10)11;/h6H,3-5H2,1-2H3,(H,9,10,11);/q;+1/p-1. The smallest absolute Gasteiger partial charge is 0.739 e. The third kappa shape index (κ3) is 13.1. The first-order valence-corrected chi connectivity index (χ1v) is 8.66. The molecule has 0 bridgehead atoms. The average molecular weight is 284 g/mol. The first kappa shape index (κ1) is 18.6. The first-order chi connectivity index (χ1) is 6.12. The maximum Gasteiger partial charge on any atom is 1.00 e. The molecule has 15 heavy (non-hydrogen) atoms. The van der Waals surface area contributed by atoms with Crippen molar-refractivity contribution >= 4 is 29.8 Å². The molecular weight excluding hydrogens is 271 g/mol. The van der Waals surface area contributed by atoms with Crippen molar-refractivity contribution in [2.75, 3.05) is 17.3 Å². The van der Waals surface area contributed by atoms with Gasteiger partial charge in [0.2, 0.25) is 0 Å². The molecule has 0 radical (unpaired) electrons. The van der Waals surface area contributed by atoms with Crippen LogP contribution in [0.25, 0.3) is 0 Å². The topological polar surface area (TPSA) is 91.3 Å². The molecule has 0 aromatic rings. The second-order valence-corrected chi connectivity index (χ2v) is 8.86. The Morgan fingerprint density at radius 1 is 1.20 bits per heavy atom. The molecule has 0 heterocycles. The van der Waals surface area contributed by atoms with E-state index < -0.39 is 19.0 Å². The Morgan fingerprint density at radius 3 is 2.00 bits per heavy atom. The zero-order chi connectivity index (χ0) is 11.4. The van der Waals surface area contributed by atoms with Crippen molar-refractivity contribution in [1.82, 2.24) is 0 Å². The summed E-state index contributed by atoms with van der Waals surface area (Å²) in [5.74, 6) is -0.432. The van der Waals surface area contributed by atoms with Crippen LogP contribution < -0.4 is 29.6 Å². The summed E-state index contributed by atoms with van der Waals surface area (Å²) in [6.07, 6.45) is 0. The molecule has 9 heteroatoms. The Balaban J connectivity index is 0. The van der Waals surface area contributed by atoms with E-state index in [9.17, 15) is 21.4 Å². The van der Waals surface area contributed by atoms with Crippen LogP contribution in [0.3, 0.4) is 0 Å². The van der Waals surface area contributed by atoms with Gasteiger partial charge in [-0.3, -0.25) is 0 Å². The van der Waals surface area contributed by atoms with E-state index in [0.29, 0.717) is 0 Å². The Kier molecular flexibility index (Phi) is 9.31. The predicted molar refractivity (Wildman–Crippen MR) is 55.6 cm³/mol. The summed E-state index contributed by atoms with van der Waals surface area (Å²) in [6, 6.07) is 0.